The van der Waals surface area contributed by atoms with Crippen LogP contribution in [0, 0.1) is 0 Å². The van der Waals surface area contributed by atoms with Crippen LogP contribution in [0.5, 0.6) is 11.5 Å². The van der Waals surface area contributed by atoms with Crippen molar-refractivity contribution in [1.29, 1.82) is 0 Å². The zero-order valence-corrected chi connectivity index (χ0v) is 25.8. The summed E-state index contributed by atoms with van der Waals surface area (Å²) < 4.78 is 22.8. The molecule has 2 heterocycles. The summed E-state index contributed by atoms with van der Waals surface area (Å²) in [5, 5.41) is 7.21. The van der Waals surface area contributed by atoms with Gasteiger partial charge in [0.2, 0.25) is 0 Å². The third-order valence-electron chi connectivity index (χ3n) is 10.1. The van der Waals surface area contributed by atoms with Crippen molar-refractivity contribution in [3.8, 4) is 22.6 Å². The summed E-state index contributed by atoms with van der Waals surface area (Å²) >= 11 is 0. The average Bonchev–Trinajstić information content (AvgIpc) is 4.07. The van der Waals surface area contributed by atoms with Gasteiger partial charge >= 0.3 is 0 Å². The van der Waals surface area contributed by atoms with Crippen LogP contribution in [-0.2, 0) is 14.9 Å². The van der Waals surface area contributed by atoms with E-state index in [2.05, 4.69) is 133 Å². The van der Waals surface area contributed by atoms with Gasteiger partial charge in [0.25, 0.3) is 0 Å². The smallest absolute Gasteiger partial charge is 0.120 e. The predicted molar refractivity (Wildman–Crippen MR) is 187 cm³/mol. The minimum atomic E-state index is -0.536. The van der Waals surface area contributed by atoms with E-state index >= 15 is 0 Å². The molecule has 0 saturated carbocycles. The molecule has 228 valence electrons. The standard InChI is InChI=1S/C43H32O4/c1-2-6-38-27(5-1)13-18-40-39-7-3-4-8-41(39)43(42(38)40,32-14-9-30-21-34(16-11-28(30)19-32)44-23-36-25-46-36)33-15-10-31-22-35(17-12-29(31)20-33)45-24-37-26-47-37/h1-22,36-37H,23-26H2. The van der Waals surface area contributed by atoms with E-state index in [1.54, 1.807) is 0 Å². The maximum absolute atomic E-state index is 6.04. The van der Waals surface area contributed by atoms with Crippen LogP contribution in [0.2, 0.25) is 0 Å². The molecule has 0 amide bonds. The summed E-state index contributed by atoms with van der Waals surface area (Å²) in [5.74, 6) is 1.75. The number of benzene rings is 7. The van der Waals surface area contributed by atoms with E-state index in [4.69, 9.17) is 18.9 Å². The Hall–Kier alpha value is -5.16. The van der Waals surface area contributed by atoms with Gasteiger partial charge in [-0.05, 0) is 102 Å². The van der Waals surface area contributed by atoms with Crippen molar-refractivity contribution >= 4 is 32.3 Å². The van der Waals surface area contributed by atoms with E-state index in [1.807, 2.05) is 0 Å². The van der Waals surface area contributed by atoms with Gasteiger partial charge in [0.1, 0.15) is 36.9 Å². The number of hydrogen-bond donors (Lipinski definition) is 0. The lowest BCUT2D eigenvalue weighted by atomic mass is 9.66. The number of hydrogen-bond acceptors (Lipinski definition) is 4. The van der Waals surface area contributed by atoms with E-state index in [9.17, 15) is 0 Å². The molecule has 0 bridgehead atoms. The predicted octanol–water partition coefficient (Wildman–Crippen LogP) is 9.06. The Morgan fingerprint density at radius 3 is 1.68 bits per heavy atom. The second-order valence-electron chi connectivity index (χ2n) is 13.0. The average molecular weight is 613 g/mol. The molecule has 0 spiro atoms. The van der Waals surface area contributed by atoms with E-state index < -0.39 is 5.41 Å². The van der Waals surface area contributed by atoms with Crippen LogP contribution < -0.4 is 9.47 Å². The van der Waals surface area contributed by atoms with Crippen molar-refractivity contribution in [3.63, 3.8) is 0 Å². The third kappa shape index (κ3) is 4.44. The SMILES string of the molecule is c1ccc2c(c1)-c1ccc3ccccc3c1C2(c1ccc2cc(OCC3CO3)ccc2c1)c1ccc2cc(OCC3CO3)ccc2c1. The van der Waals surface area contributed by atoms with Gasteiger partial charge in [0.05, 0.1) is 18.6 Å². The Balaban J connectivity index is 1.21. The molecule has 47 heavy (non-hydrogen) atoms. The highest BCUT2D eigenvalue weighted by Crippen LogP contribution is 2.58. The van der Waals surface area contributed by atoms with Crippen molar-refractivity contribution in [2.45, 2.75) is 17.6 Å². The first-order chi connectivity index (χ1) is 23.2. The van der Waals surface area contributed by atoms with Crippen molar-refractivity contribution in [1.82, 2.24) is 0 Å². The lowest BCUT2D eigenvalue weighted by molar-refractivity contribution is 0.263. The van der Waals surface area contributed by atoms with Crippen molar-refractivity contribution < 1.29 is 18.9 Å². The lowest BCUT2D eigenvalue weighted by Gasteiger charge is -2.35. The molecule has 2 atom stereocenters. The molecule has 2 unspecified atom stereocenters. The van der Waals surface area contributed by atoms with Gasteiger partial charge in [-0.15, -0.1) is 0 Å². The topological polar surface area (TPSA) is 43.5 Å². The molecule has 4 nitrogen and oxygen atoms in total. The number of ether oxygens (including phenoxy) is 4. The summed E-state index contributed by atoms with van der Waals surface area (Å²) in [7, 11) is 0. The summed E-state index contributed by atoms with van der Waals surface area (Å²) in [4.78, 5) is 0. The van der Waals surface area contributed by atoms with E-state index in [-0.39, 0.29) is 12.2 Å². The Kier molecular flexibility index (Phi) is 5.99. The second-order valence-corrected chi connectivity index (χ2v) is 13.0. The molecule has 3 aliphatic rings. The fourth-order valence-electron chi connectivity index (χ4n) is 7.65. The van der Waals surface area contributed by atoms with Crippen LogP contribution in [0.15, 0.2) is 133 Å². The minimum Gasteiger partial charge on any atom is -0.491 e. The molecular weight excluding hydrogens is 580 g/mol. The zero-order valence-electron chi connectivity index (χ0n) is 25.8. The summed E-state index contributed by atoms with van der Waals surface area (Å²) in [6.07, 6.45) is 0.451. The van der Waals surface area contributed by atoms with Gasteiger partial charge in [-0.1, -0.05) is 97.1 Å². The molecule has 4 heteroatoms. The van der Waals surface area contributed by atoms with Gasteiger partial charge in [0.15, 0.2) is 0 Å². The highest BCUT2D eigenvalue weighted by Gasteiger charge is 2.47. The first kappa shape index (κ1) is 27.0. The van der Waals surface area contributed by atoms with Crippen LogP contribution in [0.25, 0.3) is 43.4 Å². The van der Waals surface area contributed by atoms with Crippen LogP contribution in [0.3, 0.4) is 0 Å². The van der Waals surface area contributed by atoms with Crippen molar-refractivity contribution in [2.24, 2.45) is 0 Å². The largest absolute Gasteiger partial charge is 0.491 e. The second kappa shape index (κ2) is 10.4. The maximum atomic E-state index is 6.04. The lowest BCUT2D eigenvalue weighted by Crippen LogP contribution is -2.29. The molecule has 2 fully saturated rings. The molecule has 7 aromatic carbocycles. The third-order valence-corrected chi connectivity index (χ3v) is 10.1. The Morgan fingerprint density at radius 2 is 1.04 bits per heavy atom. The van der Waals surface area contributed by atoms with E-state index in [0.29, 0.717) is 13.2 Å². The molecule has 1 aliphatic carbocycles. The number of rotatable bonds is 8. The van der Waals surface area contributed by atoms with Crippen LogP contribution >= 0.6 is 0 Å². The molecule has 0 aromatic heterocycles. The quantitative estimate of drug-likeness (QED) is 0.161. The van der Waals surface area contributed by atoms with Gasteiger partial charge < -0.3 is 18.9 Å². The fourth-order valence-corrected chi connectivity index (χ4v) is 7.65. The van der Waals surface area contributed by atoms with Gasteiger partial charge in [0, 0.05) is 0 Å². The zero-order chi connectivity index (χ0) is 31.0. The molecule has 2 aliphatic heterocycles. The monoisotopic (exact) mass is 612 g/mol. The number of epoxide rings is 2. The highest BCUT2D eigenvalue weighted by atomic mass is 16.6. The van der Waals surface area contributed by atoms with Crippen molar-refractivity contribution in [3.05, 3.63) is 156 Å². The molecule has 7 aromatic rings. The first-order valence-corrected chi connectivity index (χ1v) is 16.4. The molecule has 0 radical (unpaired) electrons. The number of fused-ring (bicyclic) bond motifs is 7. The summed E-state index contributed by atoms with van der Waals surface area (Å²) in [5.41, 5.74) is 7.17. The minimum absolute atomic E-state index is 0.226. The van der Waals surface area contributed by atoms with Gasteiger partial charge in [-0.25, -0.2) is 0 Å². The van der Waals surface area contributed by atoms with Crippen LogP contribution in [0.4, 0.5) is 0 Å². The van der Waals surface area contributed by atoms with Crippen LogP contribution in [-0.4, -0.2) is 38.6 Å². The Morgan fingerprint density at radius 1 is 0.511 bits per heavy atom. The molecular formula is C43H32O4. The Labute approximate surface area is 273 Å². The molecule has 10 rings (SSSR count). The summed E-state index contributed by atoms with van der Waals surface area (Å²) in [6, 6.07) is 49.1. The van der Waals surface area contributed by atoms with Gasteiger partial charge in [-0.3, -0.25) is 0 Å². The van der Waals surface area contributed by atoms with Crippen molar-refractivity contribution in [2.75, 3.05) is 26.4 Å². The van der Waals surface area contributed by atoms with Gasteiger partial charge in [-0.2, -0.15) is 0 Å². The highest BCUT2D eigenvalue weighted by molar-refractivity contribution is 6.01. The van der Waals surface area contributed by atoms with Crippen LogP contribution in [0.1, 0.15) is 22.3 Å². The summed E-state index contributed by atoms with van der Waals surface area (Å²) in [6.45, 7) is 2.77. The molecule has 2 saturated heterocycles. The van der Waals surface area contributed by atoms with E-state index in [0.717, 1.165) is 35.5 Å². The molecule has 0 N–H and O–H groups in total. The Bertz CT molecular complexity index is 2250. The first-order valence-electron chi connectivity index (χ1n) is 16.4. The fraction of sp³-hybridized carbons (Fsp3) is 0.163. The normalized spacial score (nSPS) is 20.7. The van der Waals surface area contributed by atoms with E-state index in [1.165, 1.54) is 54.9 Å². The maximum Gasteiger partial charge on any atom is 0.120 e.